The summed E-state index contributed by atoms with van der Waals surface area (Å²) in [4.78, 5) is 0. The Bertz CT molecular complexity index is 665. The lowest BCUT2D eigenvalue weighted by Gasteiger charge is -1.95. The fourth-order valence-electron chi connectivity index (χ4n) is 1.89. The molecule has 0 bridgehead atoms. The summed E-state index contributed by atoms with van der Waals surface area (Å²) in [5.41, 5.74) is 3.26. The number of hydrogen-bond donors (Lipinski definition) is 0. The van der Waals surface area contributed by atoms with Crippen LogP contribution >= 0.6 is 15.9 Å². The Morgan fingerprint density at radius 1 is 0.941 bits per heavy atom. The third-order valence-corrected chi connectivity index (χ3v) is 3.33. The molecular weight excluding hydrogens is 276 g/mol. The van der Waals surface area contributed by atoms with Gasteiger partial charge in [-0.2, -0.15) is 0 Å². The van der Waals surface area contributed by atoms with Gasteiger partial charge in [0.25, 0.3) is 0 Å². The van der Waals surface area contributed by atoms with Gasteiger partial charge in [-0.15, -0.1) is 0 Å². The Morgan fingerprint density at radius 2 is 1.71 bits per heavy atom. The van der Waals surface area contributed by atoms with Gasteiger partial charge < -0.3 is 4.42 Å². The SMILES string of the molecule is Cc1ccc2cc(-c3ccc(Br)cc3)oc2c1. The monoisotopic (exact) mass is 286 g/mol. The second-order valence-corrected chi connectivity index (χ2v) is 5.07. The molecule has 0 aliphatic heterocycles. The molecule has 0 spiro atoms. The quantitative estimate of drug-likeness (QED) is 0.601. The topological polar surface area (TPSA) is 13.1 Å². The minimum atomic E-state index is 0.915. The van der Waals surface area contributed by atoms with E-state index in [1.165, 1.54) is 5.56 Å². The van der Waals surface area contributed by atoms with E-state index in [4.69, 9.17) is 4.42 Å². The Labute approximate surface area is 108 Å². The lowest BCUT2D eigenvalue weighted by atomic mass is 10.1. The molecule has 0 aliphatic carbocycles. The van der Waals surface area contributed by atoms with Crippen LogP contribution in [0.3, 0.4) is 0 Å². The Hall–Kier alpha value is -1.54. The maximum Gasteiger partial charge on any atom is 0.135 e. The van der Waals surface area contributed by atoms with Crippen molar-refractivity contribution in [1.82, 2.24) is 0 Å². The molecule has 0 atom stereocenters. The molecule has 1 aromatic heterocycles. The molecule has 1 nitrogen and oxygen atoms in total. The molecule has 1 heterocycles. The molecule has 0 radical (unpaired) electrons. The van der Waals surface area contributed by atoms with Gasteiger partial charge in [0.2, 0.25) is 0 Å². The van der Waals surface area contributed by atoms with Gasteiger partial charge in [-0.3, -0.25) is 0 Å². The first-order valence-corrected chi connectivity index (χ1v) is 6.28. The van der Waals surface area contributed by atoms with E-state index in [0.717, 1.165) is 26.8 Å². The Balaban J connectivity index is 2.14. The third kappa shape index (κ3) is 2.01. The summed E-state index contributed by atoms with van der Waals surface area (Å²) >= 11 is 3.43. The van der Waals surface area contributed by atoms with Gasteiger partial charge in [0.1, 0.15) is 11.3 Å². The highest BCUT2D eigenvalue weighted by molar-refractivity contribution is 9.10. The summed E-state index contributed by atoms with van der Waals surface area (Å²) in [5, 5.41) is 1.15. The lowest BCUT2D eigenvalue weighted by Crippen LogP contribution is -1.71. The third-order valence-electron chi connectivity index (χ3n) is 2.80. The van der Waals surface area contributed by atoms with Gasteiger partial charge in [-0.1, -0.05) is 40.2 Å². The second-order valence-electron chi connectivity index (χ2n) is 4.16. The van der Waals surface area contributed by atoms with Crippen molar-refractivity contribution in [1.29, 1.82) is 0 Å². The Morgan fingerprint density at radius 3 is 2.47 bits per heavy atom. The molecule has 3 aromatic rings. The van der Waals surface area contributed by atoms with E-state index >= 15 is 0 Å². The van der Waals surface area contributed by atoms with Crippen molar-refractivity contribution < 1.29 is 4.42 Å². The van der Waals surface area contributed by atoms with Crippen LogP contribution in [0.15, 0.2) is 57.4 Å². The van der Waals surface area contributed by atoms with Gasteiger partial charge in [-0.05, 0) is 36.8 Å². The van der Waals surface area contributed by atoms with Crippen LogP contribution in [0.1, 0.15) is 5.56 Å². The largest absolute Gasteiger partial charge is 0.456 e. The zero-order valence-electron chi connectivity index (χ0n) is 9.41. The average molecular weight is 287 g/mol. The maximum atomic E-state index is 5.86. The number of hydrogen-bond acceptors (Lipinski definition) is 1. The van der Waals surface area contributed by atoms with Gasteiger partial charge in [0.05, 0.1) is 0 Å². The Kier molecular flexibility index (Phi) is 2.52. The van der Waals surface area contributed by atoms with E-state index < -0.39 is 0 Å². The second kappa shape index (κ2) is 4.04. The van der Waals surface area contributed by atoms with E-state index in [-0.39, 0.29) is 0 Å². The zero-order chi connectivity index (χ0) is 11.8. The van der Waals surface area contributed by atoms with Crippen molar-refractivity contribution in [3.8, 4) is 11.3 Å². The first-order chi connectivity index (χ1) is 8.22. The molecule has 0 saturated carbocycles. The van der Waals surface area contributed by atoms with Crippen LogP contribution in [0.4, 0.5) is 0 Å². The van der Waals surface area contributed by atoms with Crippen LogP contribution in [-0.4, -0.2) is 0 Å². The highest BCUT2D eigenvalue weighted by Crippen LogP contribution is 2.29. The number of halogens is 1. The molecule has 0 aliphatic rings. The van der Waals surface area contributed by atoms with Crippen molar-refractivity contribution >= 4 is 26.9 Å². The van der Waals surface area contributed by atoms with Crippen LogP contribution in [0, 0.1) is 6.92 Å². The standard InChI is InChI=1S/C15H11BrO/c1-10-2-3-12-9-15(17-14(12)8-10)11-4-6-13(16)7-5-11/h2-9H,1H3. The van der Waals surface area contributed by atoms with Crippen molar-refractivity contribution in [3.63, 3.8) is 0 Å². The van der Waals surface area contributed by atoms with Gasteiger partial charge in [-0.25, -0.2) is 0 Å². The fraction of sp³-hybridized carbons (Fsp3) is 0.0667. The van der Waals surface area contributed by atoms with E-state index in [1.807, 2.05) is 12.1 Å². The molecule has 84 valence electrons. The van der Waals surface area contributed by atoms with E-state index in [0.29, 0.717) is 0 Å². The maximum absolute atomic E-state index is 5.86. The number of furan rings is 1. The number of aryl methyl sites for hydroxylation is 1. The van der Waals surface area contributed by atoms with E-state index in [1.54, 1.807) is 0 Å². The van der Waals surface area contributed by atoms with Crippen LogP contribution < -0.4 is 0 Å². The van der Waals surface area contributed by atoms with Crippen molar-refractivity contribution in [2.24, 2.45) is 0 Å². The first kappa shape index (κ1) is 10.6. The van der Waals surface area contributed by atoms with Crippen LogP contribution in [0.5, 0.6) is 0 Å². The molecule has 0 amide bonds. The molecule has 0 N–H and O–H groups in total. The normalized spacial score (nSPS) is 10.9. The molecule has 17 heavy (non-hydrogen) atoms. The highest BCUT2D eigenvalue weighted by atomic mass is 79.9. The predicted octanol–water partition coefficient (Wildman–Crippen LogP) is 5.17. The lowest BCUT2D eigenvalue weighted by molar-refractivity contribution is 0.631. The molecule has 2 aromatic carbocycles. The minimum absolute atomic E-state index is 0.915. The van der Waals surface area contributed by atoms with E-state index in [2.05, 4.69) is 59.3 Å². The molecule has 3 rings (SSSR count). The van der Waals surface area contributed by atoms with Gasteiger partial charge >= 0.3 is 0 Å². The van der Waals surface area contributed by atoms with Crippen molar-refractivity contribution in [2.45, 2.75) is 6.92 Å². The number of rotatable bonds is 1. The minimum Gasteiger partial charge on any atom is -0.456 e. The number of fused-ring (bicyclic) bond motifs is 1. The van der Waals surface area contributed by atoms with Crippen LogP contribution in [-0.2, 0) is 0 Å². The van der Waals surface area contributed by atoms with Crippen molar-refractivity contribution in [2.75, 3.05) is 0 Å². The summed E-state index contributed by atoms with van der Waals surface area (Å²) in [6.45, 7) is 2.07. The molecule has 2 heteroatoms. The zero-order valence-corrected chi connectivity index (χ0v) is 11.0. The fourth-order valence-corrected chi connectivity index (χ4v) is 2.16. The van der Waals surface area contributed by atoms with Gasteiger partial charge in [0, 0.05) is 15.4 Å². The van der Waals surface area contributed by atoms with Crippen LogP contribution in [0.25, 0.3) is 22.3 Å². The summed E-state index contributed by atoms with van der Waals surface area (Å²) < 4.78 is 6.94. The summed E-state index contributed by atoms with van der Waals surface area (Å²) in [5.74, 6) is 0.915. The summed E-state index contributed by atoms with van der Waals surface area (Å²) in [7, 11) is 0. The number of benzene rings is 2. The molecular formula is C15H11BrO. The average Bonchev–Trinajstić information content (AvgIpc) is 2.72. The smallest absolute Gasteiger partial charge is 0.135 e. The highest BCUT2D eigenvalue weighted by Gasteiger charge is 2.05. The van der Waals surface area contributed by atoms with Gasteiger partial charge in [0.15, 0.2) is 0 Å². The van der Waals surface area contributed by atoms with Crippen LogP contribution in [0.2, 0.25) is 0 Å². The molecule has 0 unspecified atom stereocenters. The summed E-state index contributed by atoms with van der Waals surface area (Å²) in [6, 6.07) is 16.5. The first-order valence-electron chi connectivity index (χ1n) is 5.48. The van der Waals surface area contributed by atoms with E-state index in [9.17, 15) is 0 Å². The molecule has 0 saturated heterocycles. The van der Waals surface area contributed by atoms with Crippen molar-refractivity contribution in [3.05, 3.63) is 58.6 Å². The molecule has 0 fully saturated rings. The summed E-state index contributed by atoms with van der Waals surface area (Å²) in [6.07, 6.45) is 0. The predicted molar refractivity (Wildman–Crippen MR) is 74.1 cm³/mol.